The topological polar surface area (TPSA) is 47.0 Å². The van der Waals surface area contributed by atoms with Crippen LogP contribution >= 0.6 is 0 Å². The molecule has 4 heteroatoms. The van der Waals surface area contributed by atoms with Gasteiger partial charge in [0.15, 0.2) is 5.82 Å². The van der Waals surface area contributed by atoms with Crippen LogP contribution in [0.3, 0.4) is 0 Å². The van der Waals surface area contributed by atoms with Crippen LogP contribution in [0, 0.1) is 13.8 Å². The molecular weight excluding hydrogens is 262 g/mol. The Balaban J connectivity index is 2.06. The van der Waals surface area contributed by atoms with Gasteiger partial charge in [-0.25, -0.2) is 9.97 Å². The number of aryl methyl sites for hydroxylation is 2. The van der Waals surface area contributed by atoms with Gasteiger partial charge < -0.3 is 10.1 Å². The summed E-state index contributed by atoms with van der Waals surface area (Å²) in [5.41, 5.74) is 3.51. The van der Waals surface area contributed by atoms with Gasteiger partial charge in [-0.15, -0.1) is 0 Å². The van der Waals surface area contributed by atoms with Crippen molar-refractivity contribution in [2.75, 3.05) is 13.2 Å². The van der Waals surface area contributed by atoms with Gasteiger partial charge in [0.25, 0.3) is 0 Å². The molecule has 1 N–H and O–H groups in total. The van der Waals surface area contributed by atoms with Gasteiger partial charge in [-0.3, -0.25) is 0 Å². The monoisotopic (exact) mass is 291 g/mol. The highest BCUT2D eigenvalue weighted by atomic mass is 16.5. The molecule has 21 heavy (non-hydrogen) atoms. The lowest BCUT2D eigenvalue weighted by atomic mass is 10.1. The molecule has 4 nitrogen and oxygen atoms in total. The van der Waals surface area contributed by atoms with E-state index in [0.717, 1.165) is 49.1 Å². The summed E-state index contributed by atoms with van der Waals surface area (Å²) in [4.78, 5) is 9.44. The third kappa shape index (κ3) is 4.75. The molecule has 0 radical (unpaired) electrons. The molecule has 1 unspecified atom stereocenters. The summed E-state index contributed by atoms with van der Waals surface area (Å²) in [5.74, 6) is 0.854. The summed E-state index contributed by atoms with van der Waals surface area (Å²) in [6.07, 6.45) is 5.78. The highest BCUT2D eigenvalue weighted by molar-refractivity contribution is 5.25. The van der Waals surface area contributed by atoms with E-state index in [1.165, 1.54) is 18.4 Å². The van der Waals surface area contributed by atoms with Crippen molar-refractivity contribution in [3.05, 3.63) is 22.8 Å². The fourth-order valence-corrected chi connectivity index (χ4v) is 2.71. The van der Waals surface area contributed by atoms with Gasteiger partial charge in [-0.1, -0.05) is 13.3 Å². The Bertz CT molecular complexity index is 428. The highest BCUT2D eigenvalue weighted by Gasteiger charge is 2.21. The highest BCUT2D eigenvalue weighted by Crippen LogP contribution is 2.22. The zero-order chi connectivity index (χ0) is 15.2. The molecule has 0 amide bonds. The van der Waals surface area contributed by atoms with Crippen LogP contribution in [-0.4, -0.2) is 29.2 Å². The second-order valence-corrected chi connectivity index (χ2v) is 5.94. The maximum absolute atomic E-state index is 5.80. The third-order valence-electron chi connectivity index (χ3n) is 4.03. The van der Waals surface area contributed by atoms with Crippen molar-refractivity contribution in [3.8, 4) is 0 Å². The third-order valence-corrected chi connectivity index (χ3v) is 4.03. The lowest BCUT2D eigenvalue weighted by molar-refractivity contribution is 0.0491. The molecule has 1 aromatic rings. The maximum Gasteiger partial charge on any atom is 0.157 e. The van der Waals surface area contributed by atoms with Gasteiger partial charge in [-0.2, -0.15) is 0 Å². The van der Waals surface area contributed by atoms with Crippen molar-refractivity contribution in [2.45, 2.75) is 71.9 Å². The normalized spacial score (nSPS) is 16.2. The molecule has 1 fully saturated rings. The van der Waals surface area contributed by atoms with Gasteiger partial charge in [0.1, 0.15) is 6.10 Å². The fraction of sp³-hybridized carbons (Fsp3) is 0.765. The van der Waals surface area contributed by atoms with E-state index in [1.54, 1.807) is 0 Å². The van der Waals surface area contributed by atoms with Gasteiger partial charge in [0, 0.05) is 24.0 Å². The standard InChI is InChI=1S/C17H29N3O/c1-5-7-16(21-6-2)17-19-12(3)15(13(4)20-17)10-11-18-14-8-9-14/h14,16,18H,5-11H2,1-4H3. The minimum atomic E-state index is 0.0380. The summed E-state index contributed by atoms with van der Waals surface area (Å²) in [7, 11) is 0. The Morgan fingerprint density at radius 1 is 1.19 bits per heavy atom. The average Bonchev–Trinajstić information content (AvgIpc) is 3.25. The minimum absolute atomic E-state index is 0.0380. The summed E-state index contributed by atoms with van der Waals surface area (Å²) >= 11 is 0. The number of hydrogen-bond acceptors (Lipinski definition) is 4. The minimum Gasteiger partial charge on any atom is -0.371 e. The van der Waals surface area contributed by atoms with E-state index in [4.69, 9.17) is 14.7 Å². The first-order chi connectivity index (χ1) is 10.2. The predicted octanol–water partition coefficient (Wildman–Crippen LogP) is 3.27. The number of rotatable bonds is 9. The van der Waals surface area contributed by atoms with Crippen LogP contribution in [-0.2, 0) is 11.2 Å². The molecule has 0 spiro atoms. The van der Waals surface area contributed by atoms with E-state index in [2.05, 4.69) is 26.1 Å². The molecular formula is C17H29N3O. The van der Waals surface area contributed by atoms with Crippen molar-refractivity contribution >= 4 is 0 Å². The molecule has 1 aliphatic rings. The van der Waals surface area contributed by atoms with Crippen LogP contribution in [0.25, 0.3) is 0 Å². The molecule has 1 aliphatic carbocycles. The molecule has 1 saturated carbocycles. The molecule has 1 aromatic heterocycles. The fourth-order valence-electron chi connectivity index (χ4n) is 2.71. The number of nitrogens with zero attached hydrogens (tertiary/aromatic N) is 2. The molecule has 1 atom stereocenters. The van der Waals surface area contributed by atoms with E-state index in [9.17, 15) is 0 Å². The number of ether oxygens (including phenoxy) is 1. The largest absolute Gasteiger partial charge is 0.371 e. The second-order valence-electron chi connectivity index (χ2n) is 5.94. The average molecular weight is 291 g/mol. The molecule has 1 heterocycles. The molecule has 2 rings (SSSR count). The van der Waals surface area contributed by atoms with Crippen LogP contribution < -0.4 is 5.32 Å². The van der Waals surface area contributed by atoms with Crippen LogP contribution in [0.2, 0.25) is 0 Å². The summed E-state index contributed by atoms with van der Waals surface area (Å²) in [6.45, 7) is 10.1. The molecule has 0 aromatic carbocycles. The van der Waals surface area contributed by atoms with E-state index in [-0.39, 0.29) is 6.10 Å². The SMILES string of the molecule is CCCC(OCC)c1nc(C)c(CCNC2CC2)c(C)n1. The predicted molar refractivity (Wildman–Crippen MR) is 85.5 cm³/mol. The van der Waals surface area contributed by atoms with Crippen molar-refractivity contribution < 1.29 is 4.74 Å². The summed E-state index contributed by atoms with van der Waals surface area (Å²) < 4.78 is 5.80. The zero-order valence-electron chi connectivity index (χ0n) is 13.9. The Hall–Kier alpha value is -1.00. The van der Waals surface area contributed by atoms with Crippen LogP contribution in [0.4, 0.5) is 0 Å². The van der Waals surface area contributed by atoms with E-state index < -0.39 is 0 Å². The van der Waals surface area contributed by atoms with Crippen molar-refractivity contribution in [2.24, 2.45) is 0 Å². The van der Waals surface area contributed by atoms with Crippen molar-refractivity contribution in [1.29, 1.82) is 0 Å². The van der Waals surface area contributed by atoms with E-state index >= 15 is 0 Å². The Labute approximate surface area is 128 Å². The first-order valence-electron chi connectivity index (χ1n) is 8.34. The smallest absolute Gasteiger partial charge is 0.157 e. The number of nitrogens with one attached hydrogen (secondary N) is 1. The molecule has 0 saturated heterocycles. The van der Waals surface area contributed by atoms with E-state index in [0.29, 0.717) is 6.61 Å². The number of aromatic nitrogens is 2. The Kier molecular flexibility index (Phi) is 6.12. The van der Waals surface area contributed by atoms with Crippen LogP contribution in [0.15, 0.2) is 0 Å². The van der Waals surface area contributed by atoms with Gasteiger partial charge in [0.2, 0.25) is 0 Å². The lowest BCUT2D eigenvalue weighted by Crippen LogP contribution is -2.21. The number of hydrogen-bond donors (Lipinski definition) is 1. The van der Waals surface area contributed by atoms with Crippen molar-refractivity contribution in [3.63, 3.8) is 0 Å². The quantitative estimate of drug-likeness (QED) is 0.758. The van der Waals surface area contributed by atoms with Crippen molar-refractivity contribution in [1.82, 2.24) is 15.3 Å². The Morgan fingerprint density at radius 3 is 2.38 bits per heavy atom. The summed E-state index contributed by atoms with van der Waals surface area (Å²) in [5, 5.41) is 3.56. The second kappa shape index (κ2) is 7.85. The lowest BCUT2D eigenvalue weighted by Gasteiger charge is -2.18. The first kappa shape index (κ1) is 16.4. The Morgan fingerprint density at radius 2 is 1.86 bits per heavy atom. The first-order valence-corrected chi connectivity index (χ1v) is 8.34. The summed E-state index contributed by atoms with van der Waals surface area (Å²) in [6, 6.07) is 0.762. The molecule has 118 valence electrons. The van der Waals surface area contributed by atoms with Gasteiger partial charge in [0.05, 0.1) is 0 Å². The molecule has 0 aliphatic heterocycles. The molecule has 0 bridgehead atoms. The maximum atomic E-state index is 5.80. The van der Waals surface area contributed by atoms with Gasteiger partial charge >= 0.3 is 0 Å². The van der Waals surface area contributed by atoms with Gasteiger partial charge in [-0.05, 0) is 58.6 Å². The van der Waals surface area contributed by atoms with Crippen LogP contribution in [0.1, 0.15) is 68.4 Å². The van der Waals surface area contributed by atoms with E-state index in [1.807, 2.05) is 6.92 Å². The van der Waals surface area contributed by atoms with Crippen LogP contribution in [0.5, 0.6) is 0 Å². The zero-order valence-corrected chi connectivity index (χ0v) is 13.9.